The van der Waals surface area contributed by atoms with Crippen LogP contribution in [0.5, 0.6) is 5.75 Å². The van der Waals surface area contributed by atoms with E-state index < -0.39 is 0 Å². The van der Waals surface area contributed by atoms with Crippen LogP contribution in [0.25, 0.3) is 0 Å². The number of esters is 1. The first-order chi connectivity index (χ1) is 10.3. The lowest BCUT2D eigenvalue weighted by molar-refractivity contribution is 0.0734. The van der Waals surface area contributed by atoms with Crippen LogP contribution in [0.4, 0.5) is 0 Å². The number of rotatable bonds is 3. The van der Waals surface area contributed by atoms with Gasteiger partial charge in [0.25, 0.3) is 0 Å². The average molecular weight is 317 g/mol. The number of benzene rings is 2. The van der Waals surface area contributed by atoms with Crippen molar-refractivity contribution in [1.29, 1.82) is 0 Å². The third-order valence-corrected chi connectivity index (χ3v) is 7.16. The Morgan fingerprint density at radius 2 is 1.62 bits per heavy atom. The minimum Gasteiger partial charge on any atom is -0.423 e. The summed E-state index contributed by atoms with van der Waals surface area (Å²) in [4.78, 5) is 13.4. The molecule has 1 saturated heterocycles. The van der Waals surface area contributed by atoms with Crippen molar-refractivity contribution in [3.8, 4) is 5.75 Å². The van der Waals surface area contributed by atoms with Gasteiger partial charge in [-0.25, -0.2) is 4.79 Å². The Kier molecular flexibility index (Phi) is 4.88. The summed E-state index contributed by atoms with van der Waals surface area (Å²) in [7, 11) is 0.374. The van der Waals surface area contributed by atoms with Crippen molar-refractivity contribution in [2.24, 2.45) is 0 Å². The van der Waals surface area contributed by atoms with Crippen molar-refractivity contribution in [2.75, 3.05) is 23.0 Å². The lowest BCUT2D eigenvalue weighted by atomic mass is 10.2. The van der Waals surface area contributed by atoms with E-state index in [2.05, 4.69) is 12.1 Å². The quantitative estimate of drug-likeness (QED) is 0.491. The van der Waals surface area contributed by atoms with Crippen molar-refractivity contribution < 1.29 is 9.53 Å². The van der Waals surface area contributed by atoms with Crippen LogP contribution in [-0.2, 0) is 10.9 Å². The number of carbonyl (C=O) groups excluding carboxylic acids is 1. The first-order valence-electron chi connectivity index (χ1n) is 6.95. The molecule has 4 heteroatoms. The van der Waals surface area contributed by atoms with Crippen molar-refractivity contribution >= 4 is 28.6 Å². The molecule has 0 bridgehead atoms. The molecule has 108 valence electrons. The molecular weight excluding hydrogens is 300 g/mol. The van der Waals surface area contributed by atoms with Crippen LogP contribution in [0.1, 0.15) is 10.4 Å². The van der Waals surface area contributed by atoms with E-state index in [4.69, 9.17) is 4.74 Å². The maximum absolute atomic E-state index is 12.0. The highest BCUT2D eigenvalue weighted by molar-refractivity contribution is 8.05. The Labute approximate surface area is 132 Å². The van der Waals surface area contributed by atoms with Gasteiger partial charge in [0.05, 0.1) is 5.56 Å². The van der Waals surface area contributed by atoms with E-state index in [1.54, 1.807) is 12.1 Å². The Morgan fingerprint density at radius 3 is 2.29 bits per heavy atom. The lowest BCUT2D eigenvalue weighted by Gasteiger charge is -2.13. The molecule has 0 spiro atoms. The van der Waals surface area contributed by atoms with Gasteiger partial charge in [-0.15, -0.1) is 0 Å². The van der Waals surface area contributed by atoms with Gasteiger partial charge in [0.1, 0.15) is 17.3 Å². The van der Waals surface area contributed by atoms with Crippen LogP contribution < -0.4 is 4.74 Å². The largest absolute Gasteiger partial charge is 0.423 e. The predicted molar refractivity (Wildman–Crippen MR) is 90.5 cm³/mol. The van der Waals surface area contributed by atoms with Crippen LogP contribution >= 0.6 is 11.8 Å². The normalized spacial score (nSPS) is 15.6. The fraction of sp³-hybridized carbons (Fsp3) is 0.235. The SMILES string of the molecule is O=C(Oc1ccc([S+]2CCSCC2)cc1)c1ccccc1. The smallest absolute Gasteiger partial charge is 0.343 e. The maximum atomic E-state index is 12.0. The van der Waals surface area contributed by atoms with Gasteiger partial charge in [-0.05, 0) is 36.4 Å². The molecular formula is C17H17O2S2+. The monoisotopic (exact) mass is 317 g/mol. The predicted octanol–water partition coefficient (Wildman–Crippen LogP) is 3.63. The Morgan fingerprint density at radius 1 is 0.952 bits per heavy atom. The summed E-state index contributed by atoms with van der Waals surface area (Å²) < 4.78 is 5.40. The summed E-state index contributed by atoms with van der Waals surface area (Å²) in [5.41, 5.74) is 0.577. The highest BCUT2D eigenvalue weighted by atomic mass is 32.2. The first kappa shape index (κ1) is 14.5. The van der Waals surface area contributed by atoms with E-state index >= 15 is 0 Å². The van der Waals surface area contributed by atoms with Gasteiger partial charge in [-0.1, -0.05) is 18.2 Å². The second-order valence-corrected chi connectivity index (χ2v) is 8.24. The number of thioether (sulfide) groups is 1. The van der Waals surface area contributed by atoms with Gasteiger partial charge in [0.15, 0.2) is 4.90 Å². The molecule has 21 heavy (non-hydrogen) atoms. The van der Waals surface area contributed by atoms with E-state index in [0.717, 1.165) is 0 Å². The summed E-state index contributed by atoms with van der Waals surface area (Å²) in [6.45, 7) is 0. The van der Waals surface area contributed by atoms with Crippen molar-refractivity contribution in [3.63, 3.8) is 0 Å². The van der Waals surface area contributed by atoms with Crippen molar-refractivity contribution in [1.82, 2.24) is 0 Å². The summed E-state index contributed by atoms with van der Waals surface area (Å²) in [6.07, 6.45) is 0. The average Bonchev–Trinajstić information content (AvgIpc) is 2.57. The van der Waals surface area contributed by atoms with Gasteiger partial charge in [0.2, 0.25) is 0 Å². The number of ether oxygens (including phenoxy) is 1. The molecule has 2 aromatic carbocycles. The van der Waals surface area contributed by atoms with Gasteiger partial charge in [-0.3, -0.25) is 0 Å². The van der Waals surface area contributed by atoms with E-state index in [0.29, 0.717) is 22.2 Å². The van der Waals surface area contributed by atoms with Crippen LogP contribution in [0.15, 0.2) is 59.5 Å². The Hall–Kier alpha value is -1.39. The summed E-state index contributed by atoms with van der Waals surface area (Å²) >= 11 is 2.04. The topological polar surface area (TPSA) is 26.3 Å². The van der Waals surface area contributed by atoms with Crippen molar-refractivity contribution in [2.45, 2.75) is 4.90 Å². The minimum atomic E-state index is -0.306. The van der Waals surface area contributed by atoms with Crippen LogP contribution in [-0.4, -0.2) is 29.0 Å². The van der Waals surface area contributed by atoms with Gasteiger partial charge >= 0.3 is 5.97 Å². The minimum absolute atomic E-state index is 0.306. The molecule has 0 saturated carbocycles. The number of hydrogen-bond acceptors (Lipinski definition) is 3. The Balaban J connectivity index is 1.65. The molecule has 0 amide bonds. The highest BCUT2D eigenvalue weighted by Crippen LogP contribution is 2.24. The zero-order chi connectivity index (χ0) is 14.5. The zero-order valence-corrected chi connectivity index (χ0v) is 13.3. The second kappa shape index (κ2) is 7.05. The second-order valence-electron chi connectivity index (χ2n) is 4.74. The van der Waals surface area contributed by atoms with E-state index in [9.17, 15) is 4.79 Å². The molecule has 0 radical (unpaired) electrons. The fourth-order valence-electron chi connectivity index (χ4n) is 2.20. The summed E-state index contributed by atoms with van der Waals surface area (Å²) in [5, 5.41) is 0. The van der Waals surface area contributed by atoms with Crippen molar-refractivity contribution in [3.05, 3.63) is 60.2 Å². The van der Waals surface area contributed by atoms with Crippen LogP contribution in [0.2, 0.25) is 0 Å². The number of hydrogen-bond donors (Lipinski definition) is 0. The van der Waals surface area contributed by atoms with Crippen LogP contribution in [0, 0.1) is 0 Å². The van der Waals surface area contributed by atoms with Gasteiger partial charge < -0.3 is 4.74 Å². The zero-order valence-electron chi connectivity index (χ0n) is 11.7. The standard InChI is InChI=1S/C17H17O2S2/c18-17(14-4-2-1-3-5-14)19-15-6-8-16(9-7-15)21-12-10-20-11-13-21/h1-9H,10-13H2/q+1. The molecule has 2 aromatic rings. The molecule has 2 nitrogen and oxygen atoms in total. The molecule has 1 aliphatic heterocycles. The Bertz CT molecular complexity index is 590. The third-order valence-electron chi connectivity index (χ3n) is 3.33. The van der Waals surface area contributed by atoms with E-state index in [-0.39, 0.29) is 5.97 Å². The van der Waals surface area contributed by atoms with E-state index in [1.807, 2.05) is 42.1 Å². The van der Waals surface area contributed by atoms with Crippen LogP contribution in [0.3, 0.4) is 0 Å². The molecule has 1 heterocycles. The number of carbonyl (C=O) groups is 1. The van der Waals surface area contributed by atoms with E-state index in [1.165, 1.54) is 27.9 Å². The highest BCUT2D eigenvalue weighted by Gasteiger charge is 2.24. The first-order valence-corrected chi connectivity index (χ1v) is 9.67. The van der Waals surface area contributed by atoms with Gasteiger partial charge in [0, 0.05) is 22.4 Å². The fourth-order valence-corrected chi connectivity index (χ4v) is 6.15. The molecule has 3 rings (SSSR count). The molecule has 0 aliphatic carbocycles. The lowest BCUT2D eigenvalue weighted by Crippen LogP contribution is -2.21. The maximum Gasteiger partial charge on any atom is 0.343 e. The molecule has 1 aliphatic rings. The molecule has 0 unspecified atom stereocenters. The molecule has 0 aromatic heterocycles. The third kappa shape index (κ3) is 3.83. The molecule has 0 atom stereocenters. The van der Waals surface area contributed by atoms with Gasteiger partial charge in [-0.2, -0.15) is 11.8 Å². The molecule has 0 N–H and O–H groups in total. The summed E-state index contributed by atoms with van der Waals surface area (Å²) in [6, 6.07) is 17.1. The summed E-state index contributed by atoms with van der Waals surface area (Å²) in [5.74, 6) is 5.37. The molecule has 1 fully saturated rings.